The molecule has 0 aliphatic carbocycles. The van der Waals surface area contributed by atoms with Crippen molar-refractivity contribution in [2.45, 2.75) is 4.90 Å². The molecule has 11 nitrogen and oxygen atoms in total. The average molecular weight is 474 g/mol. The number of nitrogens with zero attached hydrogens (tertiary/aromatic N) is 2. The van der Waals surface area contributed by atoms with Crippen molar-refractivity contribution in [3.05, 3.63) is 54.4 Å². The van der Waals surface area contributed by atoms with Crippen LogP contribution in [-0.4, -0.2) is 52.7 Å². The van der Waals surface area contributed by atoms with Crippen molar-refractivity contribution < 1.29 is 32.2 Å². The minimum atomic E-state index is -3.96. The van der Waals surface area contributed by atoms with Gasteiger partial charge in [0.2, 0.25) is 11.6 Å². The van der Waals surface area contributed by atoms with E-state index in [1.807, 2.05) is 0 Å². The monoisotopic (exact) mass is 474 g/mol. The molecule has 0 saturated carbocycles. The number of nitrogens with one attached hydrogen (secondary N) is 2. The largest absolute Gasteiger partial charge is 0.493 e. The van der Waals surface area contributed by atoms with E-state index in [1.54, 1.807) is 0 Å². The number of carbonyl (C=O) groups excluding carboxylic acids is 1. The highest BCUT2D eigenvalue weighted by molar-refractivity contribution is 7.92. The number of methoxy groups -OCH3 is 4. The Morgan fingerprint density at radius 2 is 1.45 bits per heavy atom. The molecule has 2 aromatic carbocycles. The Bertz CT molecular complexity index is 1220. The van der Waals surface area contributed by atoms with Crippen LogP contribution in [0.25, 0.3) is 0 Å². The first-order chi connectivity index (χ1) is 15.8. The van der Waals surface area contributed by atoms with Crippen molar-refractivity contribution in [2.24, 2.45) is 0 Å². The van der Waals surface area contributed by atoms with Crippen LogP contribution >= 0.6 is 0 Å². The van der Waals surface area contributed by atoms with Gasteiger partial charge in [0.15, 0.2) is 11.5 Å². The minimum Gasteiger partial charge on any atom is -0.493 e. The Hall–Kier alpha value is -4.06. The molecule has 12 heteroatoms. The number of aromatic nitrogens is 2. The van der Waals surface area contributed by atoms with Gasteiger partial charge in [-0.25, -0.2) is 18.4 Å². The van der Waals surface area contributed by atoms with E-state index in [1.165, 1.54) is 77.2 Å². The topological polar surface area (TPSA) is 138 Å². The van der Waals surface area contributed by atoms with E-state index in [2.05, 4.69) is 20.0 Å². The van der Waals surface area contributed by atoms with Crippen LogP contribution in [0.3, 0.4) is 0 Å². The molecule has 0 unspecified atom stereocenters. The van der Waals surface area contributed by atoms with Crippen molar-refractivity contribution in [1.29, 1.82) is 0 Å². The molecular formula is C21H22N4O7S. The molecule has 0 aliphatic rings. The summed E-state index contributed by atoms with van der Waals surface area (Å²) in [4.78, 5) is 20.5. The third-order valence-corrected chi connectivity index (χ3v) is 5.79. The lowest BCUT2D eigenvalue weighted by atomic mass is 10.1. The second kappa shape index (κ2) is 10.0. The summed E-state index contributed by atoms with van der Waals surface area (Å²) < 4.78 is 48.4. The highest BCUT2D eigenvalue weighted by Gasteiger charge is 2.19. The number of amides is 1. The summed E-state index contributed by atoms with van der Waals surface area (Å²) in [5.74, 6) is 0.559. The standard InChI is InChI=1S/C21H22N4O7S/c1-29-16-11-13(12-17(30-2)18(16)31-3)20(26)24-14-5-7-15(8-6-14)33(27,28)25-19-21(32-4)23-10-9-22-19/h5-12H,1-4H3,(H,22,25)(H,24,26). The first-order valence-corrected chi connectivity index (χ1v) is 10.9. The lowest BCUT2D eigenvalue weighted by Crippen LogP contribution is -2.16. The third kappa shape index (κ3) is 5.23. The Balaban J connectivity index is 1.79. The van der Waals surface area contributed by atoms with Gasteiger partial charge in [-0.15, -0.1) is 0 Å². The summed E-state index contributed by atoms with van der Waals surface area (Å²) in [7, 11) is 1.75. The molecule has 1 amide bonds. The zero-order valence-electron chi connectivity index (χ0n) is 18.3. The Morgan fingerprint density at radius 3 is 2.00 bits per heavy atom. The van der Waals surface area contributed by atoms with Gasteiger partial charge < -0.3 is 24.3 Å². The summed E-state index contributed by atoms with van der Waals surface area (Å²) >= 11 is 0. The van der Waals surface area contributed by atoms with Gasteiger partial charge in [-0.2, -0.15) is 0 Å². The maximum Gasteiger partial charge on any atom is 0.263 e. The first-order valence-electron chi connectivity index (χ1n) is 9.42. The van der Waals surface area contributed by atoms with Gasteiger partial charge in [-0.05, 0) is 36.4 Å². The Labute approximate surface area is 190 Å². The molecule has 174 valence electrons. The van der Waals surface area contributed by atoms with E-state index < -0.39 is 15.9 Å². The van der Waals surface area contributed by atoms with Crippen LogP contribution < -0.4 is 29.0 Å². The smallest absolute Gasteiger partial charge is 0.263 e. The van der Waals surface area contributed by atoms with E-state index >= 15 is 0 Å². The highest BCUT2D eigenvalue weighted by atomic mass is 32.2. The van der Waals surface area contributed by atoms with Gasteiger partial charge in [0.1, 0.15) is 0 Å². The van der Waals surface area contributed by atoms with E-state index in [4.69, 9.17) is 18.9 Å². The molecule has 0 radical (unpaired) electrons. The maximum atomic E-state index is 12.7. The van der Waals surface area contributed by atoms with Gasteiger partial charge >= 0.3 is 0 Å². The van der Waals surface area contributed by atoms with Crippen LogP contribution in [0, 0.1) is 0 Å². The molecule has 0 atom stereocenters. The zero-order valence-corrected chi connectivity index (χ0v) is 19.1. The van der Waals surface area contributed by atoms with Gasteiger partial charge in [-0.3, -0.25) is 9.52 Å². The molecule has 2 N–H and O–H groups in total. The first kappa shape index (κ1) is 23.6. The van der Waals surface area contributed by atoms with E-state index in [9.17, 15) is 13.2 Å². The molecule has 3 rings (SSSR count). The van der Waals surface area contributed by atoms with E-state index in [0.29, 0.717) is 22.9 Å². The number of rotatable bonds is 9. The number of hydrogen-bond donors (Lipinski definition) is 2. The lowest BCUT2D eigenvalue weighted by molar-refractivity contribution is 0.102. The fourth-order valence-electron chi connectivity index (χ4n) is 2.86. The summed E-state index contributed by atoms with van der Waals surface area (Å²) in [6, 6.07) is 8.62. The zero-order chi connectivity index (χ0) is 24.0. The summed E-state index contributed by atoms with van der Waals surface area (Å²) in [6.07, 6.45) is 2.71. The summed E-state index contributed by atoms with van der Waals surface area (Å²) in [5.41, 5.74) is 0.641. The second-order valence-corrected chi connectivity index (χ2v) is 8.09. The maximum absolute atomic E-state index is 12.7. The molecule has 1 heterocycles. The predicted octanol–water partition coefficient (Wildman–Crippen LogP) is 2.56. The van der Waals surface area contributed by atoms with Crippen LogP contribution in [0.2, 0.25) is 0 Å². The number of ether oxygens (including phenoxy) is 4. The Morgan fingerprint density at radius 1 is 0.848 bits per heavy atom. The molecule has 33 heavy (non-hydrogen) atoms. The van der Waals surface area contributed by atoms with Gasteiger partial charge in [0, 0.05) is 23.6 Å². The van der Waals surface area contributed by atoms with Crippen molar-refractivity contribution in [3.63, 3.8) is 0 Å². The number of hydrogen-bond acceptors (Lipinski definition) is 9. The number of sulfonamides is 1. The molecule has 0 spiro atoms. The Kier molecular flexibility index (Phi) is 7.18. The summed E-state index contributed by atoms with van der Waals surface area (Å²) in [6.45, 7) is 0. The van der Waals surface area contributed by atoms with Crippen molar-refractivity contribution in [2.75, 3.05) is 38.5 Å². The number of carbonyl (C=O) groups is 1. The van der Waals surface area contributed by atoms with Crippen LogP contribution in [0.15, 0.2) is 53.7 Å². The van der Waals surface area contributed by atoms with E-state index in [0.717, 1.165) is 0 Å². The molecule has 1 aromatic heterocycles. The van der Waals surface area contributed by atoms with Crippen LogP contribution in [0.4, 0.5) is 11.5 Å². The van der Waals surface area contributed by atoms with Crippen molar-refractivity contribution in [1.82, 2.24) is 9.97 Å². The molecule has 0 saturated heterocycles. The molecule has 0 fully saturated rings. The second-order valence-electron chi connectivity index (χ2n) is 6.41. The highest BCUT2D eigenvalue weighted by Crippen LogP contribution is 2.38. The van der Waals surface area contributed by atoms with Gasteiger partial charge in [-0.1, -0.05) is 0 Å². The molecule has 0 bridgehead atoms. The van der Waals surface area contributed by atoms with Crippen LogP contribution in [0.1, 0.15) is 10.4 Å². The number of benzene rings is 2. The third-order valence-electron chi connectivity index (χ3n) is 4.44. The SMILES string of the molecule is COc1cc(C(=O)Nc2ccc(S(=O)(=O)Nc3nccnc3OC)cc2)cc(OC)c1OC. The van der Waals surface area contributed by atoms with E-state index in [-0.39, 0.29) is 22.2 Å². The normalized spacial score (nSPS) is 10.8. The minimum absolute atomic E-state index is 0.0373. The quantitative estimate of drug-likeness (QED) is 0.479. The fraction of sp³-hybridized carbons (Fsp3) is 0.190. The van der Waals surface area contributed by atoms with Gasteiger partial charge in [0.25, 0.3) is 21.8 Å². The van der Waals surface area contributed by atoms with Crippen molar-refractivity contribution >= 4 is 27.4 Å². The molecule has 0 aliphatic heterocycles. The predicted molar refractivity (Wildman–Crippen MR) is 120 cm³/mol. The fourth-order valence-corrected chi connectivity index (χ4v) is 3.87. The van der Waals surface area contributed by atoms with Crippen LogP contribution in [-0.2, 0) is 10.0 Å². The molecular weight excluding hydrogens is 452 g/mol. The number of anilines is 2. The molecule has 3 aromatic rings. The van der Waals surface area contributed by atoms with Crippen LogP contribution in [0.5, 0.6) is 23.1 Å². The van der Waals surface area contributed by atoms with Gasteiger partial charge in [0.05, 0.1) is 33.3 Å². The average Bonchev–Trinajstić information content (AvgIpc) is 2.83. The van der Waals surface area contributed by atoms with Crippen molar-refractivity contribution in [3.8, 4) is 23.1 Å². The lowest BCUT2D eigenvalue weighted by Gasteiger charge is -2.14. The summed E-state index contributed by atoms with van der Waals surface area (Å²) in [5, 5.41) is 2.70.